The van der Waals surface area contributed by atoms with Gasteiger partial charge < -0.3 is 10.9 Å². The molecular formula is C12H26N4O. The normalized spacial score (nSPS) is 22.0. The Morgan fingerprint density at radius 3 is 2.06 bits per heavy atom. The number of piperazine rings is 1. The summed E-state index contributed by atoms with van der Waals surface area (Å²) in [6, 6.07) is 0.736. The van der Waals surface area contributed by atoms with Gasteiger partial charge in [-0.2, -0.15) is 0 Å². The van der Waals surface area contributed by atoms with Gasteiger partial charge in [-0.25, -0.2) is 0 Å². The largest absolute Gasteiger partial charge is 0.409 e. The minimum atomic E-state index is 0.0313. The molecule has 1 saturated heterocycles. The third-order valence-electron chi connectivity index (χ3n) is 3.90. The van der Waals surface area contributed by atoms with Gasteiger partial charge >= 0.3 is 0 Å². The molecular weight excluding hydrogens is 216 g/mol. The van der Waals surface area contributed by atoms with Gasteiger partial charge in [-0.3, -0.25) is 9.80 Å². The van der Waals surface area contributed by atoms with E-state index in [0.717, 1.165) is 26.2 Å². The van der Waals surface area contributed by atoms with Gasteiger partial charge in [0.1, 0.15) is 0 Å². The molecule has 0 bridgehead atoms. The molecule has 0 aromatic heterocycles. The first-order valence-corrected chi connectivity index (χ1v) is 6.59. The third kappa shape index (κ3) is 3.57. The first kappa shape index (κ1) is 14.3. The first-order chi connectivity index (χ1) is 8.13. The van der Waals surface area contributed by atoms with Crippen molar-refractivity contribution in [1.82, 2.24) is 9.80 Å². The highest BCUT2D eigenvalue weighted by Crippen LogP contribution is 2.13. The zero-order chi connectivity index (χ0) is 12.8. The zero-order valence-electron chi connectivity index (χ0n) is 11.3. The van der Waals surface area contributed by atoms with Crippen molar-refractivity contribution in [3.05, 3.63) is 0 Å². The van der Waals surface area contributed by atoms with Crippen molar-refractivity contribution in [2.45, 2.75) is 45.7 Å². The SMILES string of the molecule is CCC(CC)N1CCN(C(C)/C(N)=N/O)CC1. The van der Waals surface area contributed by atoms with Crippen LogP contribution in [-0.4, -0.2) is 59.1 Å². The van der Waals surface area contributed by atoms with Crippen LogP contribution in [0.5, 0.6) is 0 Å². The predicted octanol–water partition coefficient (Wildman–Crippen LogP) is 0.928. The molecule has 0 aliphatic carbocycles. The fourth-order valence-corrected chi connectivity index (χ4v) is 2.57. The Morgan fingerprint density at radius 2 is 1.65 bits per heavy atom. The highest BCUT2D eigenvalue weighted by Gasteiger charge is 2.25. The van der Waals surface area contributed by atoms with Crippen LogP contribution in [0.3, 0.4) is 0 Å². The molecule has 0 aromatic carbocycles. The van der Waals surface area contributed by atoms with Crippen molar-refractivity contribution >= 4 is 5.84 Å². The van der Waals surface area contributed by atoms with Crippen LogP contribution in [0.1, 0.15) is 33.6 Å². The van der Waals surface area contributed by atoms with Crippen LogP contribution < -0.4 is 5.73 Å². The average molecular weight is 242 g/mol. The molecule has 1 aliphatic heterocycles. The quantitative estimate of drug-likeness (QED) is 0.326. The molecule has 0 spiro atoms. The van der Waals surface area contributed by atoms with Crippen LogP contribution in [0.2, 0.25) is 0 Å². The van der Waals surface area contributed by atoms with Crippen molar-refractivity contribution in [3.8, 4) is 0 Å². The van der Waals surface area contributed by atoms with Crippen LogP contribution in [0.25, 0.3) is 0 Å². The van der Waals surface area contributed by atoms with Crippen molar-refractivity contribution in [3.63, 3.8) is 0 Å². The number of rotatable bonds is 5. The van der Waals surface area contributed by atoms with Gasteiger partial charge in [0.25, 0.3) is 0 Å². The Kier molecular flexibility index (Phi) is 5.71. The van der Waals surface area contributed by atoms with Gasteiger partial charge in [0.2, 0.25) is 0 Å². The molecule has 0 aromatic rings. The Hall–Kier alpha value is -0.810. The Bertz CT molecular complexity index is 245. The lowest BCUT2D eigenvalue weighted by molar-refractivity contribution is 0.0840. The highest BCUT2D eigenvalue weighted by molar-refractivity contribution is 5.84. The van der Waals surface area contributed by atoms with E-state index in [1.807, 2.05) is 6.92 Å². The van der Waals surface area contributed by atoms with Crippen LogP contribution >= 0.6 is 0 Å². The summed E-state index contributed by atoms with van der Waals surface area (Å²) in [5, 5.41) is 11.8. The minimum absolute atomic E-state index is 0.0313. The van der Waals surface area contributed by atoms with E-state index in [4.69, 9.17) is 10.9 Å². The van der Waals surface area contributed by atoms with Gasteiger partial charge in [-0.05, 0) is 19.8 Å². The molecule has 100 valence electrons. The summed E-state index contributed by atoms with van der Waals surface area (Å²) in [5.74, 6) is 0.306. The van der Waals surface area contributed by atoms with Crippen molar-refractivity contribution in [2.75, 3.05) is 26.2 Å². The summed E-state index contributed by atoms with van der Waals surface area (Å²) in [6.07, 6.45) is 2.43. The summed E-state index contributed by atoms with van der Waals surface area (Å²) in [4.78, 5) is 4.82. The Balaban J connectivity index is 2.45. The van der Waals surface area contributed by atoms with Crippen LogP contribution in [0, 0.1) is 0 Å². The minimum Gasteiger partial charge on any atom is -0.409 e. The fourth-order valence-electron chi connectivity index (χ4n) is 2.57. The van der Waals surface area contributed by atoms with Crippen molar-refractivity contribution in [1.29, 1.82) is 0 Å². The lowest BCUT2D eigenvalue weighted by Crippen LogP contribution is -2.55. The average Bonchev–Trinajstić information content (AvgIpc) is 2.39. The first-order valence-electron chi connectivity index (χ1n) is 6.59. The van der Waals surface area contributed by atoms with Crippen molar-refractivity contribution < 1.29 is 5.21 Å². The van der Waals surface area contributed by atoms with E-state index in [0.29, 0.717) is 11.9 Å². The van der Waals surface area contributed by atoms with E-state index in [2.05, 4.69) is 28.8 Å². The molecule has 17 heavy (non-hydrogen) atoms. The molecule has 1 rings (SSSR count). The summed E-state index contributed by atoms with van der Waals surface area (Å²) in [5.41, 5.74) is 5.64. The number of hydrogen-bond acceptors (Lipinski definition) is 4. The fraction of sp³-hybridized carbons (Fsp3) is 0.917. The second-order valence-electron chi connectivity index (χ2n) is 4.74. The van der Waals surface area contributed by atoms with Crippen molar-refractivity contribution in [2.24, 2.45) is 10.9 Å². The monoisotopic (exact) mass is 242 g/mol. The molecule has 0 radical (unpaired) electrons. The molecule has 0 amide bonds. The standard InChI is InChI=1S/C12H26N4O/c1-4-11(5-2)16-8-6-15(7-9-16)10(3)12(13)14-17/h10-11,17H,4-9H2,1-3H3,(H2,13,14). The maximum atomic E-state index is 8.68. The summed E-state index contributed by atoms with van der Waals surface area (Å²) >= 11 is 0. The van der Waals surface area contributed by atoms with Gasteiger partial charge in [-0.1, -0.05) is 19.0 Å². The highest BCUT2D eigenvalue weighted by atomic mass is 16.4. The van der Waals surface area contributed by atoms with Crippen LogP contribution in [-0.2, 0) is 0 Å². The second kappa shape index (κ2) is 6.81. The molecule has 0 saturated carbocycles. The smallest absolute Gasteiger partial charge is 0.156 e. The maximum Gasteiger partial charge on any atom is 0.156 e. The molecule has 5 nitrogen and oxygen atoms in total. The predicted molar refractivity (Wildman–Crippen MR) is 70.4 cm³/mol. The van der Waals surface area contributed by atoms with Crippen LogP contribution in [0.15, 0.2) is 5.16 Å². The third-order valence-corrected chi connectivity index (χ3v) is 3.90. The number of nitrogens with two attached hydrogens (primary N) is 1. The summed E-state index contributed by atoms with van der Waals surface area (Å²) in [6.45, 7) is 10.6. The molecule has 3 N–H and O–H groups in total. The van der Waals surface area contributed by atoms with E-state index in [-0.39, 0.29) is 6.04 Å². The zero-order valence-corrected chi connectivity index (χ0v) is 11.3. The maximum absolute atomic E-state index is 8.68. The lowest BCUT2D eigenvalue weighted by atomic mass is 10.1. The molecule has 1 atom stereocenters. The molecule has 1 fully saturated rings. The molecule has 1 unspecified atom stereocenters. The number of oxime groups is 1. The van der Waals surface area contributed by atoms with Gasteiger partial charge in [0, 0.05) is 32.2 Å². The van der Waals surface area contributed by atoms with Gasteiger partial charge in [0.15, 0.2) is 5.84 Å². The van der Waals surface area contributed by atoms with E-state index in [9.17, 15) is 0 Å². The van der Waals surface area contributed by atoms with Gasteiger partial charge in [-0.15, -0.1) is 0 Å². The molecule has 1 aliphatic rings. The lowest BCUT2D eigenvalue weighted by Gasteiger charge is -2.40. The molecule has 5 heteroatoms. The number of hydrogen-bond donors (Lipinski definition) is 2. The van der Waals surface area contributed by atoms with E-state index >= 15 is 0 Å². The number of amidine groups is 1. The topological polar surface area (TPSA) is 65.1 Å². The molecule has 1 heterocycles. The van der Waals surface area contributed by atoms with E-state index in [1.165, 1.54) is 12.8 Å². The summed E-state index contributed by atoms with van der Waals surface area (Å²) in [7, 11) is 0. The van der Waals surface area contributed by atoms with Gasteiger partial charge in [0.05, 0.1) is 6.04 Å². The van der Waals surface area contributed by atoms with Crippen LogP contribution in [0.4, 0.5) is 0 Å². The summed E-state index contributed by atoms with van der Waals surface area (Å²) < 4.78 is 0. The number of nitrogens with zero attached hydrogens (tertiary/aromatic N) is 3. The second-order valence-corrected chi connectivity index (χ2v) is 4.74. The Morgan fingerprint density at radius 1 is 1.18 bits per heavy atom. The van der Waals surface area contributed by atoms with E-state index in [1.54, 1.807) is 0 Å². The van der Waals surface area contributed by atoms with E-state index < -0.39 is 0 Å². The Labute approximate surface area is 104 Å².